The average molecular weight is 298 g/mol. The predicted octanol–water partition coefficient (Wildman–Crippen LogP) is 3.04. The summed E-state index contributed by atoms with van der Waals surface area (Å²) in [6.07, 6.45) is 6.39. The molecule has 116 valence electrons. The third-order valence-electron chi connectivity index (χ3n) is 5.49. The molecule has 0 unspecified atom stereocenters. The average Bonchev–Trinajstić information content (AvgIpc) is 3.00. The molecule has 4 nitrogen and oxygen atoms in total. The van der Waals surface area contributed by atoms with Crippen LogP contribution in [0.15, 0.2) is 34.9 Å². The number of benzene rings is 1. The first kappa shape index (κ1) is 13.8. The van der Waals surface area contributed by atoms with Gasteiger partial charge in [-0.05, 0) is 50.3 Å². The lowest BCUT2D eigenvalue weighted by atomic mass is 9.71. The van der Waals surface area contributed by atoms with Gasteiger partial charge in [-0.1, -0.05) is 18.2 Å². The largest absolute Gasteiger partial charge is 0.463 e. The lowest BCUT2D eigenvalue weighted by Crippen LogP contribution is -2.47. The van der Waals surface area contributed by atoms with Gasteiger partial charge in [0.25, 0.3) is 5.91 Å². The number of nitrogens with zero attached hydrogens (tertiary/aromatic N) is 1. The molecule has 0 atom stereocenters. The quantitative estimate of drug-likeness (QED) is 0.880. The molecule has 0 aliphatic carbocycles. The van der Waals surface area contributed by atoms with Crippen LogP contribution in [0, 0.1) is 5.41 Å². The molecule has 0 radical (unpaired) electrons. The first-order valence-electron chi connectivity index (χ1n) is 8.24. The van der Waals surface area contributed by atoms with Gasteiger partial charge in [-0.25, -0.2) is 0 Å². The summed E-state index contributed by atoms with van der Waals surface area (Å²) in [7, 11) is 0. The van der Waals surface area contributed by atoms with Gasteiger partial charge < -0.3 is 14.6 Å². The Labute approximate surface area is 130 Å². The minimum atomic E-state index is 0.119. The van der Waals surface area contributed by atoms with Gasteiger partial charge in [-0.15, -0.1) is 0 Å². The Bertz CT molecular complexity index is 675. The van der Waals surface area contributed by atoms with E-state index in [0.717, 1.165) is 50.0 Å². The van der Waals surface area contributed by atoms with Crippen molar-refractivity contribution in [1.82, 2.24) is 10.2 Å². The summed E-state index contributed by atoms with van der Waals surface area (Å²) in [5.41, 5.74) is 1.97. The Morgan fingerprint density at radius 2 is 1.82 bits per heavy atom. The van der Waals surface area contributed by atoms with Crippen molar-refractivity contribution in [3.63, 3.8) is 0 Å². The van der Waals surface area contributed by atoms with E-state index in [9.17, 15) is 4.79 Å². The van der Waals surface area contributed by atoms with E-state index in [4.69, 9.17) is 4.42 Å². The number of carbonyl (C=O) groups is 1. The number of furan rings is 1. The SMILES string of the molecule is O=C(c1coc2ccccc12)N1CCC2(CCNCC2)CC1. The molecule has 0 bridgehead atoms. The maximum Gasteiger partial charge on any atom is 0.257 e. The van der Waals surface area contributed by atoms with Crippen LogP contribution in [-0.4, -0.2) is 37.0 Å². The number of carbonyl (C=O) groups excluding carboxylic acids is 1. The summed E-state index contributed by atoms with van der Waals surface area (Å²) >= 11 is 0. The van der Waals surface area contributed by atoms with Crippen LogP contribution in [-0.2, 0) is 0 Å². The van der Waals surface area contributed by atoms with E-state index in [1.54, 1.807) is 6.26 Å². The topological polar surface area (TPSA) is 45.5 Å². The van der Waals surface area contributed by atoms with Crippen molar-refractivity contribution in [3.8, 4) is 0 Å². The Kier molecular flexibility index (Phi) is 3.41. The predicted molar refractivity (Wildman–Crippen MR) is 85.9 cm³/mol. The number of likely N-dealkylation sites (tertiary alicyclic amines) is 1. The fourth-order valence-corrected chi connectivity index (χ4v) is 3.96. The Balaban J connectivity index is 1.50. The summed E-state index contributed by atoms with van der Waals surface area (Å²) < 4.78 is 5.52. The fraction of sp³-hybridized carbons (Fsp3) is 0.500. The molecule has 0 saturated carbocycles. The molecule has 4 heteroatoms. The summed E-state index contributed by atoms with van der Waals surface area (Å²) in [6, 6.07) is 7.76. The second-order valence-corrected chi connectivity index (χ2v) is 6.69. The number of rotatable bonds is 1. The molecule has 2 aliphatic heterocycles. The molecule has 4 rings (SSSR count). The number of piperidine rings is 2. The standard InChI is InChI=1S/C18H22N2O2/c21-17(15-13-22-16-4-2-1-3-14(15)16)20-11-7-18(8-12-20)5-9-19-10-6-18/h1-4,13,19H,5-12H2. The van der Waals surface area contributed by atoms with Crippen LogP contribution in [0.25, 0.3) is 11.0 Å². The molecule has 1 aromatic carbocycles. The van der Waals surface area contributed by atoms with E-state index in [2.05, 4.69) is 5.32 Å². The second kappa shape index (κ2) is 5.43. The van der Waals surface area contributed by atoms with E-state index < -0.39 is 0 Å². The van der Waals surface area contributed by atoms with Crippen molar-refractivity contribution in [3.05, 3.63) is 36.1 Å². The summed E-state index contributed by atoms with van der Waals surface area (Å²) in [6.45, 7) is 4.00. The molecular weight excluding hydrogens is 276 g/mol. The lowest BCUT2D eigenvalue weighted by molar-refractivity contribution is 0.0496. The van der Waals surface area contributed by atoms with E-state index in [0.29, 0.717) is 11.0 Å². The second-order valence-electron chi connectivity index (χ2n) is 6.69. The first-order chi connectivity index (χ1) is 10.8. The zero-order valence-electron chi connectivity index (χ0n) is 12.8. The third kappa shape index (κ3) is 2.31. The summed E-state index contributed by atoms with van der Waals surface area (Å²) in [5, 5.41) is 4.37. The highest BCUT2D eigenvalue weighted by Gasteiger charge is 2.37. The minimum absolute atomic E-state index is 0.119. The van der Waals surface area contributed by atoms with Crippen LogP contribution in [0.1, 0.15) is 36.0 Å². The van der Waals surface area contributed by atoms with Gasteiger partial charge in [0.1, 0.15) is 11.8 Å². The maximum atomic E-state index is 12.8. The molecule has 2 aliphatic rings. The van der Waals surface area contributed by atoms with Gasteiger partial charge in [0.2, 0.25) is 0 Å². The lowest BCUT2D eigenvalue weighted by Gasteiger charge is -2.44. The van der Waals surface area contributed by atoms with Crippen molar-refractivity contribution in [2.45, 2.75) is 25.7 Å². The minimum Gasteiger partial charge on any atom is -0.463 e. The number of fused-ring (bicyclic) bond motifs is 1. The normalized spacial score (nSPS) is 21.4. The van der Waals surface area contributed by atoms with E-state index in [1.165, 1.54) is 12.8 Å². The van der Waals surface area contributed by atoms with Crippen molar-refractivity contribution in [1.29, 1.82) is 0 Å². The van der Waals surface area contributed by atoms with Crippen molar-refractivity contribution in [2.75, 3.05) is 26.2 Å². The molecule has 2 fully saturated rings. The highest BCUT2D eigenvalue weighted by molar-refractivity contribution is 6.05. The molecular formula is C18H22N2O2. The van der Waals surface area contributed by atoms with Crippen LogP contribution >= 0.6 is 0 Å². The van der Waals surface area contributed by atoms with Crippen molar-refractivity contribution in [2.24, 2.45) is 5.41 Å². The van der Waals surface area contributed by atoms with Gasteiger partial charge in [0, 0.05) is 18.5 Å². The van der Waals surface area contributed by atoms with E-state index >= 15 is 0 Å². The van der Waals surface area contributed by atoms with Crippen LogP contribution in [0.4, 0.5) is 0 Å². The van der Waals surface area contributed by atoms with Crippen LogP contribution < -0.4 is 5.32 Å². The third-order valence-corrected chi connectivity index (χ3v) is 5.49. The molecule has 1 spiro atoms. The molecule has 3 heterocycles. The number of amides is 1. The highest BCUT2D eigenvalue weighted by atomic mass is 16.3. The van der Waals surface area contributed by atoms with Gasteiger partial charge in [-0.2, -0.15) is 0 Å². The van der Waals surface area contributed by atoms with Gasteiger partial charge in [0.15, 0.2) is 0 Å². The molecule has 2 saturated heterocycles. The fourth-order valence-electron chi connectivity index (χ4n) is 3.96. The molecule has 1 amide bonds. The van der Waals surface area contributed by atoms with Crippen LogP contribution in [0.2, 0.25) is 0 Å². The van der Waals surface area contributed by atoms with Crippen molar-refractivity contribution >= 4 is 16.9 Å². The highest BCUT2D eigenvalue weighted by Crippen LogP contribution is 2.40. The van der Waals surface area contributed by atoms with Crippen LogP contribution in [0.5, 0.6) is 0 Å². The summed E-state index contributed by atoms with van der Waals surface area (Å²) in [5.74, 6) is 0.119. The van der Waals surface area contributed by atoms with Gasteiger partial charge in [-0.3, -0.25) is 4.79 Å². The summed E-state index contributed by atoms with van der Waals surface area (Å²) in [4.78, 5) is 14.8. The molecule has 1 N–H and O–H groups in total. The Morgan fingerprint density at radius 3 is 2.59 bits per heavy atom. The van der Waals surface area contributed by atoms with Gasteiger partial charge >= 0.3 is 0 Å². The Hall–Kier alpha value is -1.81. The zero-order chi connectivity index (χ0) is 15.0. The van der Waals surface area contributed by atoms with Crippen LogP contribution in [0.3, 0.4) is 0 Å². The zero-order valence-corrected chi connectivity index (χ0v) is 12.8. The van der Waals surface area contributed by atoms with E-state index in [1.807, 2.05) is 29.2 Å². The number of para-hydroxylation sites is 1. The van der Waals surface area contributed by atoms with E-state index in [-0.39, 0.29) is 5.91 Å². The maximum absolute atomic E-state index is 12.8. The Morgan fingerprint density at radius 1 is 1.09 bits per heavy atom. The van der Waals surface area contributed by atoms with Crippen molar-refractivity contribution < 1.29 is 9.21 Å². The molecule has 2 aromatic rings. The number of nitrogens with one attached hydrogen (secondary N) is 1. The molecule has 22 heavy (non-hydrogen) atoms. The first-order valence-corrected chi connectivity index (χ1v) is 8.24. The smallest absolute Gasteiger partial charge is 0.257 e. The number of hydrogen-bond acceptors (Lipinski definition) is 3. The number of hydrogen-bond donors (Lipinski definition) is 1. The monoisotopic (exact) mass is 298 g/mol. The van der Waals surface area contributed by atoms with Gasteiger partial charge in [0.05, 0.1) is 5.56 Å². The molecule has 1 aromatic heterocycles.